The second kappa shape index (κ2) is 10.3. The molecule has 0 aliphatic heterocycles. The third-order valence-corrected chi connectivity index (χ3v) is 5.51. The summed E-state index contributed by atoms with van der Waals surface area (Å²) in [5.41, 5.74) is 3.33. The Balaban J connectivity index is 1.34. The maximum Gasteiger partial charge on any atom is 0.331 e. The summed E-state index contributed by atoms with van der Waals surface area (Å²) in [4.78, 5) is 24.4. The lowest BCUT2D eigenvalue weighted by Crippen LogP contribution is -2.20. The average molecular weight is 498 g/mol. The summed E-state index contributed by atoms with van der Waals surface area (Å²) in [7, 11) is 0. The van der Waals surface area contributed by atoms with Crippen molar-refractivity contribution in [3.63, 3.8) is 0 Å². The fraction of sp³-hybridized carbons (Fsp3) is 0.0357. The Morgan fingerprint density at radius 3 is 2.61 bits per heavy atom. The number of nitrogens with one attached hydrogen (secondary N) is 1. The lowest BCUT2D eigenvalue weighted by atomic mass is 10.2. The number of rotatable bonds is 7. The van der Waals surface area contributed by atoms with Gasteiger partial charge in [-0.05, 0) is 48.5 Å². The predicted octanol–water partition coefficient (Wildman–Crippen LogP) is 6.13. The molecule has 2 heterocycles. The molecular weight excluding hydrogens is 478 g/mol. The third kappa shape index (κ3) is 5.37. The average Bonchev–Trinajstić information content (AvgIpc) is 3.51. The van der Waals surface area contributed by atoms with E-state index in [0.717, 1.165) is 16.7 Å². The van der Waals surface area contributed by atoms with Gasteiger partial charge in [0, 0.05) is 33.9 Å². The van der Waals surface area contributed by atoms with Crippen molar-refractivity contribution in [2.24, 2.45) is 0 Å². The number of para-hydroxylation sites is 2. The van der Waals surface area contributed by atoms with Crippen molar-refractivity contribution in [1.82, 2.24) is 9.78 Å². The maximum atomic E-state index is 12.3. The first kappa shape index (κ1) is 23.1. The van der Waals surface area contributed by atoms with E-state index in [4.69, 9.17) is 25.9 Å². The predicted molar refractivity (Wildman–Crippen MR) is 139 cm³/mol. The Kier molecular flexibility index (Phi) is 6.64. The van der Waals surface area contributed by atoms with Crippen LogP contribution in [0.15, 0.2) is 102 Å². The van der Waals surface area contributed by atoms with Gasteiger partial charge in [0.2, 0.25) is 0 Å². The molecule has 0 atom stereocenters. The number of hydrogen-bond donors (Lipinski definition) is 1. The van der Waals surface area contributed by atoms with E-state index in [-0.39, 0.29) is 0 Å². The zero-order valence-corrected chi connectivity index (χ0v) is 19.7. The lowest BCUT2D eigenvalue weighted by molar-refractivity contribution is -0.142. The molecule has 0 fully saturated rings. The Labute approximate surface area is 211 Å². The molecule has 7 nitrogen and oxygen atoms in total. The van der Waals surface area contributed by atoms with Crippen LogP contribution in [-0.4, -0.2) is 28.3 Å². The van der Waals surface area contributed by atoms with Gasteiger partial charge in [-0.25, -0.2) is 9.48 Å². The molecule has 0 spiro atoms. The van der Waals surface area contributed by atoms with Crippen LogP contribution in [0, 0.1) is 0 Å². The summed E-state index contributed by atoms with van der Waals surface area (Å²) in [6.07, 6.45) is 4.64. The Hall–Kier alpha value is -4.62. The van der Waals surface area contributed by atoms with Gasteiger partial charge in [-0.15, -0.1) is 0 Å². The van der Waals surface area contributed by atoms with Gasteiger partial charge < -0.3 is 14.5 Å². The number of amides is 1. The number of halogens is 1. The summed E-state index contributed by atoms with van der Waals surface area (Å²) >= 11 is 5.92. The van der Waals surface area contributed by atoms with Crippen molar-refractivity contribution in [2.75, 3.05) is 11.9 Å². The van der Waals surface area contributed by atoms with E-state index >= 15 is 0 Å². The van der Waals surface area contributed by atoms with Crippen LogP contribution in [0.25, 0.3) is 34.2 Å². The fourth-order valence-corrected chi connectivity index (χ4v) is 3.81. The number of hydrogen-bond acceptors (Lipinski definition) is 5. The van der Waals surface area contributed by atoms with Crippen molar-refractivity contribution in [2.45, 2.75) is 0 Å². The SMILES string of the molecule is O=C(COC(=O)C=Cc1cn(-c2ccccc2)nc1-c1cc2ccccc2o1)Nc1cccc(Cl)c1. The van der Waals surface area contributed by atoms with Crippen molar-refractivity contribution in [3.8, 4) is 17.1 Å². The van der Waals surface area contributed by atoms with E-state index in [0.29, 0.717) is 27.7 Å². The van der Waals surface area contributed by atoms with Crippen LogP contribution in [-0.2, 0) is 14.3 Å². The lowest BCUT2D eigenvalue weighted by Gasteiger charge is -2.05. The number of esters is 1. The number of benzene rings is 3. The maximum absolute atomic E-state index is 12.3. The molecule has 8 heteroatoms. The van der Waals surface area contributed by atoms with Crippen LogP contribution in [0.1, 0.15) is 5.56 Å². The number of nitrogens with zero attached hydrogens (tertiary/aromatic N) is 2. The van der Waals surface area contributed by atoms with E-state index < -0.39 is 18.5 Å². The second-order valence-electron chi connectivity index (χ2n) is 7.86. The van der Waals surface area contributed by atoms with E-state index in [1.165, 1.54) is 6.08 Å². The molecule has 3 aromatic carbocycles. The van der Waals surface area contributed by atoms with Gasteiger partial charge in [0.1, 0.15) is 11.3 Å². The molecule has 0 saturated heterocycles. The molecule has 0 saturated carbocycles. The van der Waals surface area contributed by atoms with Crippen molar-refractivity contribution in [1.29, 1.82) is 0 Å². The Bertz CT molecular complexity index is 1540. The molecule has 0 radical (unpaired) electrons. The highest BCUT2D eigenvalue weighted by Crippen LogP contribution is 2.30. The highest BCUT2D eigenvalue weighted by atomic mass is 35.5. The number of ether oxygens (including phenoxy) is 1. The molecule has 5 rings (SSSR count). The van der Waals surface area contributed by atoms with Gasteiger partial charge in [0.15, 0.2) is 12.4 Å². The summed E-state index contributed by atoms with van der Waals surface area (Å²) in [6, 6.07) is 25.9. The van der Waals surface area contributed by atoms with Crippen molar-refractivity contribution in [3.05, 3.63) is 108 Å². The first-order chi connectivity index (χ1) is 17.5. The second-order valence-corrected chi connectivity index (χ2v) is 8.30. The molecule has 0 bridgehead atoms. The van der Waals surface area contributed by atoms with Gasteiger partial charge in [-0.2, -0.15) is 5.10 Å². The zero-order valence-electron chi connectivity index (χ0n) is 18.9. The van der Waals surface area contributed by atoms with Gasteiger partial charge in [0.05, 0.1) is 5.69 Å². The normalized spacial score (nSPS) is 11.1. The number of carbonyl (C=O) groups is 2. The smallest absolute Gasteiger partial charge is 0.331 e. The van der Waals surface area contributed by atoms with Gasteiger partial charge in [0.25, 0.3) is 5.91 Å². The van der Waals surface area contributed by atoms with E-state index in [1.807, 2.05) is 60.7 Å². The minimum absolute atomic E-state index is 0.435. The van der Waals surface area contributed by atoms with E-state index in [2.05, 4.69) is 5.32 Å². The quantitative estimate of drug-likeness (QED) is 0.216. The standard InChI is InChI=1S/C28H20ClN3O4/c29-21-8-6-9-22(16-21)30-26(33)18-35-27(34)14-13-20-17-32(23-10-2-1-3-11-23)31-28(20)25-15-19-7-4-5-12-24(19)36-25/h1-17H,18H2,(H,30,33). The van der Waals surface area contributed by atoms with Crippen LogP contribution in [0.5, 0.6) is 0 Å². The highest BCUT2D eigenvalue weighted by molar-refractivity contribution is 6.30. The molecule has 5 aromatic rings. The third-order valence-electron chi connectivity index (χ3n) is 5.28. The molecule has 2 aromatic heterocycles. The molecule has 36 heavy (non-hydrogen) atoms. The Morgan fingerprint density at radius 1 is 1.00 bits per heavy atom. The molecule has 0 aliphatic rings. The highest BCUT2D eigenvalue weighted by Gasteiger charge is 2.15. The van der Waals surface area contributed by atoms with Crippen LogP contribution in [0.4, 0.5) is 5.69 Å². The monoisotopic (exact) mass is 497 g/mol. The topological polar surface area (TPSA) is 86.4 Å². The van der Waals surface area contributed by atoms with Gasteiger partial charge in [-0.3, -0.25) is 4.79 Å². The van der Waals surface area contributed by atoms with Crippen molar-refractivity contribution >= 4 is 46.2 Å². The number of anilines is 1. The first-order valence-electron chi connectivity index (χ1n) is 11.1. The van der Waals surface area contributed by atoms with Crippen molar-refractivity contribution < 1.29 is 18.7 Å². The van der Waals surface area contributed by atoms with Gasteiger partial charge in [-0.1, -0.05) is 54.1 Å². The summed E-state index contributed by atoms with van der Waals surface area (Å²) < 4.78 is 12.8. The number of carbonyl (C=O) groups excluding carboxylic acids is 2. The molecule has 0 unspecified atom stereocenters. The minimum atomic E-state index is -0.667. The number of aromatic nitrogens is 2. The van der Waals surface area contributed by atoms with Gasteiger partial charge >= 0.3 is 5.97 Å². The summed E-state index contributed by atoms with van der Waals surface area (Å²) in [6.45, 7) is -0.435. The molecule has 1 amide bonds. The molecule has 178 valence electrons. The van der Waals surface area contributed by atoms with Crippen LogP contribution in [0.3, 0.4) is 0 Å². The van der Waals surface area contributed by atoms with Crippen LogP contribution >= 0.6 is 11.6 Å². The largest absolute Gasteiger partial charge is 0.454 e. The van der Waals surface area contributed by atoms with E-state index in [1.54, 1.807) is 41.2 Å². The van der Waals surface area contributed by atoms with Crippen LogP contribution < -0.4 is 5.32 Å². The molecule has 0 aliphatic carbocycles. The van der Waals surface area contributed by atoms with E-state index in [9.17, 15) is 9.59 Å². The zero-order chi connectivity index (χ0) is 24.9. The number of furan rings is 1. The number of fused-ring (bicyclic) bond motifs is 1. The molecular formula is C28H20ClN3O4. The van der Waals surface area contributed by atoms with Crippen LogP contribution in [0.2, 0.25) is 5.02 Å². The summed E-state index contributed by atoms with van der Waals surface area (Å²) in [5, 5.41) is 8.76. The molecule has 1 N–H and O–H groups in total. The fourth-order valence-electron chi connectivity index (χ4n) is 3.62. The minimum Gasteiger partial charge on any atom is -0.454 e. The first-order valence-corrected chi connectivity index (χ1v) is 11.5. The summed E-state index contributed by atoms with van der Waals surface area (Å²) in [5.74, 6) is -0.571. The Morgan fingerprint density at radius 2 is 1.81 bits per heavy atom.